The van der Waals surface area contributed by atoms with Gasteiger partial charge in [0, 0.05) is 37.4 Å². The van der Waals surface area contributed by atoms with Gasteiger partial charge in [-0.1, -0.05) is 42.5 Å². The van der Waals surface area contributed by atoms with E-state index >= 15 is 0 Å². The van der Waals surface area contributed by atoms with Crippen LogP contribution in [0.25, 0.3) is 16.9 Å². The fourth-order valence-electron chi connectivity index (χ4n) is 3.57. The number of hydrogen-bond acceptors (Lipinski definition) is 3. The number of rotatable bonds is 3. The Morgan fingerprint density at radius 3 is 2.59 bits per heavy atom. The van der Waals surface area contributed by atoms with Crippen LogP contribution in [0.3, 0.4) is 0 Å². The number of aryl methyl sites for hydroxylation is 1. The van der Waals surface area contributed by atoms with Crippen LogP contribution in [0.4, 0.5) is 0 Å². The van der Waals surface area contributed by atoms with E-state index in [0.717, 1.165) is 29.1 Å². The van der Waals surface area contributed by atoms with Crippen molar-refractivity contribution < 1.29 is 4.79 Å². The minimum atomic E-state index is 0.0452. The topological polar surface area (TPSA) is 50.2 Å². The van der Waals surface area contributed by atoms with Gasteiger partial charge >= 0.3 is 0 Å². The molecule has 1 aliphatic rings. The van der Waals surface area contributed by atoms with E-state index in [1.807, 2.05) is 59.6 Å². The molecule has 0 bridgehead atoms. The van der Waals surface area contributed by atoms with E-state index in [2.05, 4.69) is 25.2 Å². The Balaban J connectivity index is 1.80. The van der Waals surface area contributed by atoms with Crippen LogP contribution in [-0.2, 0) is 0 Å². The Labute approximate surface area is 159 Å². The van der Waals surface area contributed by atoms with Gasteiger partial charge in [0.2, 0.25) is 0 Å². The smallest absolute Gasteiger partial charge is 0.257 e. The lowest BCUT2D eigenvalue weighted by Gasteiger charge is -2.31. The summed E-state index contributed by atoms with van der Waals surface area (Å²) < 4.78 is 1.81. The fraction of sp³-hybridized carbons (Fsp3) is 0.273. The number of amides is 1. The first-order chi connectivity index (χ1) is 13.1. The van der Waals surface area contributed by atoms with Crippen LogP contribution in [0.1, 0.15) is 22.8 Å². The third kappa shape index (κ3) is 3.51. The number of piperazine rings is 1. The average Bonchev–Trinajstić information content (AvgIpc) is 3.13. The SMILES string of the molecule is Cc1ccccc1-c1nn(-c2ccccc2)cc1C(=O)N1CCNC(C)C1. The van der Waals surface area contributed by atoms with Gasteiger partial charge in [-0.15, -0.1) is 0 Å². The summed E-state index contributed by atoms with van der Waals surface area (Å²) in [6.45, 7) is 6.40. The van der Waals surface area contributed by atoms with Crippen LogP contribution >= 0.6 is 0 Å². The van der Waals surface area contributed by atoms with Crippen molar-refractivity contribution in [1.29, 1.82) is 0 Å². The molecule has 5 nitrogen and oxygen atoms in total. The zero-order valence-electron chi connectivity index (χ0n) is 15.7. The summed E-state index contributed by atoms with van der Waals surface area (Å²) >= 11 is 0. The lowest BCUT2D eigenvalue weighted by Crippen LogP contribution is -2.51. The fourth-order valence-corrected chi connectivity index (χ4v) is 3.57. The van der Waals surface area contributed by atoms with Gasteiger partial charge in [0.25, 0.3) is 5.91 Å². The first-order valence-electron chi connectivity index (χ1n) is 9.37. The summed E-state index contributed by atoms with van der Waals surface area (Å²) in [5.41, 5.74) is 4.45. The summed E-state index contributed by atoms with van der Waals surface area (Å²) in [5.74, 6) is 0.0452. The van der Waals surface area contributed by atoms with Gasteiger partial charge in [-0.3, -0.25) is 4.79 Å². The molecule has 1 aromatic heterocycles. The number of nitrogens with zero attached hydrogens (tertiary/aromatic N) is 3. The van der Waals surface area contributed by atoms with Gasteiger partial charge in [-0.25, -0.2) is 4.68 Å². The Kier molecular flexibility index (Phi) is 4.77. The molecule has 138 valence electrons. The molecule has 1 saturated heterocycles. The highest BCUT2D eigenvalue weighted by Crippen LogP contribution is 2.28. The number of nitrogens with one attached hydrogen (secondary N) is 1. The molecule has 2 heterocycles. The van der Waals surface area contributed by atoms with Crippen LogP contribution in [0.5, 0.6) is 0 Å². The first-order valence-corrected chi connectivity index (χ1v) is 9.37. The second-order valence-electron chi connectivity index (χ2n) is 7.09. The van der Waals surface area contributed by atoms with Crippen molar-refractivity contribution in [1.82, 2.24) is 20.0 Å². The molecule has 5 heteroatoms. The van der Waals surface area contributed by atoms with E-state index in [0.29, 0.717) is 24.7 Å². The normalized spacial score (nSPS) is 17.1. The van der Waals surface area contributed by atoms with Crippen molar-refractivity contribution in [3.8, 4) is 16.9 Å². The van der Waals surface area contributed by atoms with Gasteiger partial charge in [0.05, 0.1) is 11.3 Å². The Bertz CT molecular complexity index is 948. The molecule has 27 heavy (non-hydrogen) atoms. The molecular formula is C22H24N4O. The minimum Gasteiger partial charge on any atom is -0.336 e. The van der Waals surface area contributed by atoms with E-state index in [9.17, 15) is 4.79 Å². The van der Waals surface area contributed by atoms with Crippen molar-refractivity contribution in [2.24, 2.45) is 0 Å². The Morgan fingerprint density at radius 2 is 1.85 bits per heavy atom. The van der Waals surface area contributed by atoms with E-state index < -0.39 is 0 Å². The predicted octanol–water partition coefficient (Wildman–Crippen LogP) is 3.28. The van der Waals surface area contributed by atoms with Crippen molar-refractivity contribution in [2.45, 2.75) is 19.9 Å². The van der Waals surface area contributed by atoms with Gasteiger partial charge in [-0.05, 0) is 31.5 Å². The highest BCUT2D eigenvalue weighted by Gasteiger charge is 2.26. The Morgan fingerprint density at radius 1 is 1.11 bits per heavy atom. The first kappa shape index (κ1) is 17.5. The molecular weight excluding hydrogens is 336 g/mol. The zero-order chi connectivity index (χ0) is 18.8. The van der Waals surface area contributed by atoms with Gasteiger partial charge < -0.3 is 10.2 Å². The molecule has 1 unspecified atom stereocenters. The van der Waals surface area contributed by atoms with Crippen molar-refractivity contribution in [3.63, 3.8) is 0 Å². The highest BCUT2D eigenvalue weighted by molar-refractivity contribution is 6.00. The summed E-state index contributed by atoms with van der Waals surface area (Å²) in [4.78, 5) is 15.3. The Hall–Kier alpha value is -2.92. The number of carbonyl (C=O) groups excluding carboxylic acids is 1. The van der Waals surface area contributed by atoms with Crippen LogP contribution in [0, 0.1) is 6.92 Å². The molecule has 2 aromatic carbocycles. The molecule has 1 fully saturated rings. The lowest BCUT2D eigenvalue weighted by atomic mass is 10.0. The summed E-state index contributed by atoms with van der Waals surface area (Å²) in [6, 6.07) is 18.3. The monoisotopic (exact) mass is 360 g/mol. The molecule has 1 aliphatic heterocycles. The number of aromatic nitrogens is 2. The standard InChI is InChI=1S/C22H24N4O/c1-16-8-6-7-11-19(16)21-20(22(27)25-13-12-23-17(2)14-25)15-26(24-21)18-9-4-3-5-10-18/h3-11,15,17,23H,12-14H2,1-2H3. The largest absolute Gasteiger partial charge is 0.336 e. The highest BCUT2D eigenvalue weighted by atomic mass is 16.2. The predicted molar refractivity (Wildman–Crippen MR) is 107 cm³/mol. The van der Waals surface area contributed by atoms with Crippen LogP contribution in [0.2, 0.25) is 0 Å². The zero-order valence-corrected chi connectivity index (χ0v) is 15.7. The summed E-state index contributed by atoms with van der Waals surface area (Å²) in [6.07, 6.45) is 1.87. The molecule has 0 aliphatic carbocycles. The van der Waals surface area contributed by atoms with Crippen LogP contribution in [-0.4, -0.2) is 46.3 Å². The van der Waals surface area contributed by atoms with E-state index in [1.54, 1.807) is 4.68 Å². The molecule has 4 rings (SSSR count). The maximum absolute atomic E-state index is 13.3. The number of benzene rings is 2. The molecule has 3 aromatic rings. The summed E-state index contributed by atoms with van der Waals surface area (Å²) in [5, 5.41) is 8.19. The van der Waals surface area contributed by atoms with Gasteiger partial charge in [-0.2, -0.15) is 5.10 Å². The second kappa shape index (κ2) is 7.37. The van der Waals surface area contributed by atoms with E-state index in [4.69, 9.17) is 5.10 Å². The van der Waals surface area contributed by atoms with E-state index in [-0.39, 0.29) is 5.91 Å². The quantitative estimate of drug-likeness (QED) is 0.780. The van der Waals surface area contributed by atoms with Crippen molar-refractivity contribution in [3.05, 3.63) is 71.9 Å². The third-order valence-corrected chi connectivity index (χ3v) is 5.02. The van der Waals surface area contributed by atoms with Crippen LogP contribution < -0.4 is 5.32 Å². The maximum Gasteiger partial charge on any atom is 0.257 e. The maximum atomic E-state index is 13.3. The molecule has 0 radical (unpaired) electrons. The third-order valence-electron chi connectivity index (χ3n) is 5.02. The molecule has 0 spiro atoms. The van der Waals surface area contributed by atoms with Crippen LogP contribution in [0.15, 0.2) is 60.8 Å². The second-order valence-corrected chi connectivity index (χ2v) is 7.09. The lowest BCUT2D eigenvalue weighted by molar-refractivity contribution is 0.0710. The van der Waals surface area contributed by atoms with Gasteiger partial charge in [0.15, 0.2) is 0 Å². The van der Waals surface area contributed by atoms with Gasteiger partial charge in [0.1, 0.15) is 5.69 Å². The minimum absolute atomic E-state index is 0.0452. The molecule has 1 atom stereocenters. The van der Waals surface area contributed by atoms with Crippen molar-refractivity contribution >= 4 is 5.91 Å². The number of carbonyl (C=O) groups is 1. The van der Waals surface area contributed by atoms with Crippen molar-refractivity contribution in [2.75, 3.05) is 19.6 Å². The average molecular weight is 360 g/mol. The molecule has 0 saturated carbocycles. The molecule has 1 amide bonds. The molecule has 1 N–H and O–H groups in total. The van der Waals surface area contributed by atoms with E-state index in [1.165, 1.54) is 0 Å². The number of hydrogen-bond donors (Lipinski definition) is 1. The number of para-hydroxylation sites is 1. The summed E-state index contributed by atoms with van der Waals surface area (Å²) in [7, 11) is 0.